The van der Waals surface area contributed by atoms with Crippen LogP contribution in [0.3, 0.4) is 0 Å². The third-order valence-electron chi connectivity index (χ3n) is 4.20. The Hall–Kier alpha value is -1.17. The number of ether oxygens (including phenoxy) is 1. The largest absolute Gasteiger partial charge is 0.496 e. The smallest absolute Gasteiger partial charge is 0.161 e. The molecule has 0 saturated carbocycles. The Morgan fingerprint density at radius 3 is 2.91 bits per heavy atom. The summed E-state index contributed by atoms with van der Waals surface area (Å²) >= 11 is 12.0. The van der Waals surface area contributed by atoms with Crippen LogP contribution in [0.4, 0.5) is 0 Å². The zero-order valence-corrected chi connectivity index (χ0v) is 14.3. The quantitative estimate of drug-likeness (QED) is 0.784. The van der Waals surface area contributed by atoms with E-state index in [1.165, 1.54) is 0 Å². The number of hydrogen-bond acceptors (Lipinski definition) is 5. The Labute approximate surface area is 141 Å². The number of likely N-dealkylation sites (N-methyl/N-ethyl adjacent to an activating group) is 1. The fourth-order valence-electron chi connectivity index (χ4n) is 3.05. The van der Waals surface area contributed by atoms with Crippen LogP contribution in [0.15, 0.2) is 23.3 Å². The molecule has 2 aliphatic heterocycles. The topological polar surface area (TPSA) is 31.3 Å². The normalized spacial score (nSPS) is 21.8. The van der Waals surface area contributed by atoms with Gasteiger partial charge in [0.1, 0.15) is 11.9 Å². The molecule has 0 spiro atoms. The van der Waals surface area contributed by atoms with E-state index in [9.17, 15) is 0 Å². The van der Waals surface area contributed by atoms with Crippen LogP contribution in [0.2, 0.25) is 5.02 Å². The van der Waals surface area contributed by atoms with E-state index < -0.39 is 0 Å². The molecule has 5 nitrogen and oxygen atoms in total. The van der Waals surface area contributed by atoms with Crippen molar-refractivity contribution in [2.24, 2.45) is 5.10 Å². The summed E-state index contributed by atoms with van der Waals surface area (Å²) in [5, 5.41) is 7.42. The third kappa shape index (κ3) is 2.85. The molecule has 0 aliphatic carbocycles. The van der Waals surface area contributed by atoms with Crippen molar-refractivity contribution >= 4 is 29.0 Å². The first-order valence-corrected chi connectivity index (χ1v) is 8.25. The minimum absolute atomic E-state index is 0.232. The first-order valence-electron chi connectivity index (χ1n) is 7.34. The molecule has 0 N–H and O–H groups in total. The van der Waals surface area contributed by atoms with Crippen molar-refractivity contribution in [1.29, 1.82) is 0 Å². The molecule has 0 bridgehead atoms. The molecule has 1 unspecified atom stereocenters. The number of benzene rings is 1. The fourth-order valence-corrected chi connectivity index (χ4v) is 3.46. The molecule has 1 aromatic rings. The summed E-state index contributed by atoms with van der Waals surface area (Å²) in [7, 11) is 3.67. The molecule has 0 amide bonds. The Balaban J connectivity index is 1.88. The van der Waals surface area contributed by atoms with E-state index >= 15 is 0 Å². The molecule has 1 saturated heterocycles. The first-order chi connectivity index (χ1) is 10.6. The lowest BCUT2D eigenvalue weighted by Crippen LogP contribution is -2.56. The number of alkyl halides is 1. The van der Waals surface area contributed by atoms with Gasteiger partial charge in [-0.15, -0.1) is 11.6 Å². The zero-order valence-electron chi connectivity index (χ0n) is 12.8. The van der Waals surface area contributed by atoms with Gasteiger partial charge in [-0.25, -0.2) is 0 Å². The Morgan fingerprint density at radius 1 is 1.36 bits per heavy atom. The lowest BCUT2D eigenvalue weighted by atomic mass is 10.1. The molecule has 1 fully saturated rings. The van der Waals surface area contributed by atoms with Crippen LogP contribution < -0.4 is 4.74 Å². The molecule has 0 aromatic heterocycles. The monoisotopic (exact) mass is 342 g/mol. The van der Waals surface area contributed by atoms with E-state index in [0.29, 0.717) is 10.9 Å². The van der Waals surface area contributed by atoms with Gasteiger partial charge in [-0.2, -0.15) is 5.10 Å². The van der Waals surface area contributed by atoms with Crippen LogP contribution in [0.1, 0.15) is 5.56 Å². The molecule has 22 heavy (non-hydrogen) atoms. The number of amidine groups is 1. The second-order valence-electron chi connectivity index (χ2n) is 5.51. The van der Waals surface area contributed by atoms with Gasteiger partial charge in [0, 0.05) is 44.1 Å². The number of hydrazone groups is 1. The number of rotatable bonds is 4. The minimum atomic E-state index is 0.232. The van der Waals surface area contributed by atoms with Crippen LogP contribution in [-0.4, -0.2) is 73.0 Å². The van der Waals surface area contributed by atoms with Gasteiger partial charge < -0.3 is 9.64 Å². The van der Waals surface area contributed by atoms with Crippen molar-refractivity contribution in [3.8, 4) is 5.75 Å². The number of hydrogen-bond donors (Lipinski definition) is 0. The molecule has 2 aliphatic rings. The average Bonchev–Trinajstić information content (AvgIpc) is 2.84. The van der Waals surface area contributed by atoms with Gasteiger partial charge in [-0.05, 0) is 18.2 Å². The molecular formula is C15H20Cl2N4O. The van der Waals surface area contributed by atoms with E-state index in [0.717, 1.165) is 43.3 Å². The predicted octanol–water partition coefficient (Wildman–Crippen LogP) is 2.14. The summed E-state index contributed by atoms with van der Waals surface area (Å²) in [5.74, 6) is 2.38. The Morgan fingerprint density at radius 2 is 2.18 bits per heavy atom. The highest BCUT2D eigenvalue weighted by atomic mass is 35.5. The maximum Gasteiger partial charge on any atom is 0.161 e. The molecule has 1 aromatic carbocycles. The van der Waals surface area contributed by atoms with Gasteiger partial charge in [-0.1, -0.05) is 11.6 Å². The third-order valence-corrected chi connectivity index (χ3v) is 4.60. The Kier molecular flexibility index (Phi) is 4.66. The zero-order chi connectivity index (χ0) is 15.7. The van der Waals surface area contributed by atoms with Gasteiger partial charge in [-0.3, -0.25) is 9.91 Å². The molecule has 120 valence electrons. The van der Waals surface area contributed by atoms with Crippen molar-refractivity contribution in [2.45, 2.75) is 6.17 Å². The van der Waals surface area contributed by atoms with E-state index in [2.05, 4.69) is 9.80 Å². The van der Waals surface area contributed by atoms with Gasteiger partial charge in [0.05, 0.1) is 12.7 Å². The van der Waals surface area contributed by atoms with Gasteiger partial charge in [0.25, 0.3) is 0 Å². The van der Waals surface area contributed by atoms with E-state index in [1.54, 1.807) is 7.11 Å². The maximum absolute atomic E-state index is 6.16. The molecule has 3 rings (SSSR count). The van der Waals surface area contributed by atoms with Crippen molar-refractivity contribution in [3.63, 3.8) is 0 Å². The van der Waals surface area contributed by atoms with Crippen LogP contribution in [0.5, 0.6) is 5.75 Å². The highest BCUT2D eigenvalue weighted by molar-refractivity contribution is 6.31. The number of nitrogens with zero attached hydrogens (tertiary/aromatic N) is 4. The fraction of sp³-hybridized carbons (Fsp3) is 0.533. The van der Waals surface area contributed by atoms with Crippen molar-refractivity contribution in [3.05, 3.63) is 28.8 Å². The number of piperazine rings is 1. The predicted molar refractivity (Wildman–Crippen MR) is 90.0 cm³/mol. The average molecular weight is 343 g/mol. The molecular weight excluding hydrogens is 323 g/mol. The van der Waals surface area contributed by atoms with Gasteiger partial charge >= 0.3 is 0 Å². The summed E-state index contributed by atoms with van der Waals surface area (Å²) in [6.07, 6.45) is 0.232. The molecule has 1 atom stereocenters. The SMILES string of the molecule is COc1ccc(Cl)cc1C1=NN(C)C2CN(CCCl)CCN12. The summed E-state index contributed by atoms with van der Waals surface area (Å²) in [4.78, 5) is 4.69. The number of methoxy groups -OCH3 is 1. The highest BCUT2D eigenvalue weighted by Crippen LogP contribution is 2.30. The van der Waals surface area contributed by atoms with E-state index in [1.807, 2.05) is 30.3 Å². The van der Waals surface area contributed by atoms with E-state index in [-0.39, 0.29) is 6.17 Å². The maximum atomic E-state index is 6.16. The first kappa shape index (κ1) is 15.7. The van der Waals surface area contributed by atoms with Crippen molar-refractivity contribution in [2.75, 3.05) is 46.2 Å². The molecule has 2 heterocycles. The summed E-state index contributed by atoms with van der Waals surface area (Å²) in [6, 6.07) is 5.64. The van der Waals surface area contributed by atoms with Gasteiger partial charge in [0.2, 0.25) is 0 Å². The second kappa shape index (κ2) is 6.52. The van der Waals surface area contributed by atoms with Crippen LogP contribution in [-0.2, 0) is 0 Å². The molecule has 0 radical (unpaired) electrons. The van der Waals surface area contributed by atoms with Gasteiger partial charge in [0.15, 0.2) is 5.84 Å². The number of fused-ring (bicyclic) bond motifs is 1. The minimum Gasteiger partial charge on any atom is -0.496 e. The summed E-state index contributed by atoms with van der Waals surface area (Å²) < 4.78 is 5.47. The lowest BCUT2D eigenvalue weighted by Gasteiger charge is -2.40. The lowest BCUT2D eigenvalue weighted by molar-refractivity contribution is 0.0609. The van der Waals surface area contributed by atoms with Crippen molar-refractivity contribution in [1.82, 2.24) is 14.8 Å². The summed E-state index contributed by atoms with van der Waals surface area (Å²) in [6.45, 7) is 3.74. The van der Waals surface area contributed by atoms with Crippen molar-refractivity contribution < 1.29 is 4.74 Å². The van der Waals surface area contributed by atoms with Crippen LogP contribution in [0.25, 0.3) is 0 Å². The van der Waals surface area contributed by atoms with Crippen LogP contribution >= 0.6 is 23.2 Å². The Bertz CT molecular complexity index is 581. The second-order valence-corrected chi connectivity index (χ2v) is 6.32. The molecule has 7 heteroatoms. The van der Waals surface area contributed by atoms with E-state index in [4.69, 9.17) is 33.0 Å². The summed E-state index contributed by atoms with van der Waals surface area (Å²) in [5.41, 5.74) is 0.940. The standard InChI is InChI=1S/C15H20Cl2N4O/c1-19-14-10-20(6-5-16)7-8-21(14)15(18-19)12-9-11(17)3-4-13(12)22-2/h3-4,9,14H,5-8,10H2,1-2H3. The van der Waals surface area contributed by atoms with Crippen LogP contribution in [0, 0.1) is 0 Å². The number of halogens is 2. The highest BCUT2D eigenvalue weighted by Gasteiger charge is 2.37.